The number of nitrogens with zero attached hydrogens (tertiary/aromatic N) is 1. The van der Waals surface area contributed by atoms with Gasteiger partial charge >= 0.3 is 0 Å². The first-order valence-electron chi connectivity index (χ1n) is 8.31. The molecule has 2 aromatic rings. The van der Waals surface area contributed by atoms with E-state index in [4.69, 9.17) is 0 Å². The van der Waals surface area contributed by atoms with E-state index >= 15 is 0 Å². The molecule has 2 N–H and O–H groups in total. The zero-order valence-corrected chi connectivity index (χ0v) is 14.3. The van der Waals surface area contributed by atoms with Gasteiger partial charge in [-0.05, 0) is 42.5 Å². The first-order chi connectivity index (χ1) is 12.0. The molecular formula is C20H21N3O2. The second-order valence-corrected chi connectivity index (χ2v) is 6.29. The molecule has 25 heavy (non-hydrogen) atoms. The van der Waals surface area contributed by atoms with Gasteiger partial charge in [-0.15, -0.1) is 0 Å². The highest BCUT2D eigenvalue weighted by Crippen LogP contribution is 2.47. The Morgan fingerprint density at radius 3 is 2.32 bits per heavy atom. The lowest BCUT2D eigenvalue weighted by Crippen LogP contribution is -2.21. The predicted molar refractivity (Wildman–Crippen MR) is 98.4 cm³/mol. The van der Waals surface area contributed by atoms with Crippen LogP contribution < -0.4 is 10.7 Å². The molecule has 0 radical (unpaired) electrons. The minimum atomic E-state index is -0.109. The van der Waals surface area contributed by atoms with E-state index in [0.29, 0.717) is 5.92 Å². The summed E-state index contributed by atoms with van der Waals surface area (Å²) < 4.78 is 0. The average Bonchev–Trinajstić information content (AvgIpc) is 3.41. The normalized spacial score (nSPS) is 19.2. The summed E-state index contributed by atoms with van der Waals surface area (Å²) in [5, 5.41) is 6.92. The summed E-state index contributed by atoms with van der Waals surface area (Å²) in [5.74, 6) is 0.153. The van der Waals surface area contributed by atoms with E-state index in [2.05, 4.69) is 28.0 Å². The van der Waals surface area contributed by atoms with Crippen LogP contribution in [0.3, 0.4) is 0 Å². The molecule has 128 valence electrons. The molecule has 5 nitrogen and oxygen atoms in total. The van der Waals surface area contributed by atoms with Crippen molar-refractivity contribution in [1.82, 2.24) is 5.43 Å². The van der Waals surface area contributed by atoms with Crippen LogP contribution in [0.25, 0.3) is 0 Å². The van der Waals surface area contributed by atoms with Gasteiger partial charge in [0.2, 0.25) is 11.8 Å². The van der Waals surface area contributed by atoms with Gasteiger partial charge in [0.15, 0.2) is 0 Å². The Morgan fingerprint density at radius 2 is 1.68 bits per heavy atom. The third-order valence-corrected chi connectivity index (χ3v) is 4.31. The van der Waals surface area contributed by atoms with Crippen LogP contribution in [0, 0.1) is 5.92 Å². The molecule has 0 heterocycles. The van der Waals surface area contributed by atoms with Crippen molar-refractivity contribution < 1.29 is 9.59 Å². The Hall–Kier alpha value is -2.95. The minimum absolute atomic E-state index is 0.00101. The molecule has 0 bridgehead atoms. The van der Waals surface area contributed by atoms with E-state index in [1.165, 1.54) is 12.5 Å². The van der Waals surface area contributed by atoms with Gasteiger partial charge in [-0.25, -0.2) is 5.43 Å². The van der Waals surface area contributed by atoms with E-state index in [9.17, 15) is 9.59 Å². The zero-order valence-electron chi connectivity index (χ0n) is 14.3. The van der Waals surface area contributed by atoms with Crippen molar-refractivity contribution in [2.24, 2.45) is 11.0 Å². The Kier molecular flexibility index (Phi) is 4.93. The average molecular weight is 335 g/mol. The van der Waals surface area contributed by atoms with Crippen LogP contribution in [0.1, 0.15) is 37.3 Å². The van der Waals surface area contributed by atoms with E-state index in [1.54, 1.807) is 0 Å². The molecular weight excluding hydrogens is 314 g/mol. The number of hydrogen-bond acceptors (Lipinski definition) is 3. The summed E-state index contributed by atoms with van der Waals surface area (Å²) in [6.07, 6.45) is 0.871. The Bertz CT molecular complexity index is 797. The Balaban J connectivity index is 1.56. The summed E-state index contributed by atoms with van der Waals surface area (Å²) in [6.45, 7) is 3.31. The van der Waals surface area contributed by atoms with Crippen LogP contribution in [-0.4, -0.2) is 17.5 Å². The van der Waals surface area contributed by atoms with Crippen LogP contribution in [0.2, 0.25) is 0 Å². The van der Waals surface area contributed by atoms with Crippen molar-refractivity contribution in [3.63, 3.8) is 0 Å². The predicted octanol–water partition coefficient (Wildman–Crippen LogP) is 3.29. The van der Waals surface area contributed by atoms with E-state index in [1.807, 2.05) is 49.4 Å². The largest absolute Gasteiger partial charge is 0.326 e. The molecule has 1 fully saturated rings. The molecule has 5 heteroatoms. The fraction of sp³-hybridized carbons (Fsp3) is 0.250. The maximum absolute atomic E-state index is 12.2. The molecule has 0 spiro atoms. The van der Waals surface area contributed by atoms with Gasteiger partial charge in [-0.1, -0.05) is 42.5 Å². The fourth-order valence-corrected chi connectivity index (χ4v) is 2.84. The summed E-state index contributed by atoms with van der Waals surface area (Å²) in [4.78, 5) is 23.3. The molecule has 1 aliphatic carbocycles. The number of carbonyl (C=O) groups excluding carboxylic acids is 2. The number of nitrogens with one attached hydrogen (secondary N) is 2. The highest BCUT2D eigenvalue weighted by Gasteiger charge is 2.43. The smallest absolute Gasteiger partial charge is 0.243 e. The van der Waals surface area contributed by atoms with Crippen LogP contribution in [-0.2, 0) is 9.59 Å². The zero-order chi connectivity index (χ0) is 17.8. The summed E-state index contributed by atoms with van der Waals surface area (Å²) in [7, 11) is 0. The van der Waals surface area contributed by atoms with E-state index < -0.39 is 0 Å². The molecule has 2 atom stereocenters. The maximum atomic E-state index is 12.2. The van der Waals surface area contributed by atoms with Crippen LogP contribution in [0.4, 0.5) is 5.69 Å². The van der Waals surface area contributed by atoms with Crippen molar-refractivity contribution >= 4 is 23.2 Å². The van der Waals surface area contributed by atoms with Gasteiger partial charge in [-0.2, -0.15) is 5.10 Å². The second kappa shape index (κ2) is 7.30. The lowest BCUT2D eigenvalue weighted by Gasteiger charge is -2.05. The number of rotatable bonds is 5. The quantitative estimate of drug-likeness (QED) is 0.650. The summed E-state index contributed by atoms with van der Waals surface area (Å²) >= 11 is 0. The first-order valence-corrected chi connectivity index (χ1v) is 8.31. The van der Waals surface area contributed by atoms with Gasteiger partial charge in [0.25, 0.3) is 0 Å². The summed E-state index contributed by atoms with van der Waals surface area (Å²) in [6, 6.07) is 17.4. The van der Waals surface area contributed by atoms with Gasteiger partial charge in [0.05, 0.1) is 5.71 Å². The molecule has 0 aromatic heterocycles. The second-order valence-electron chi connectivity index (χ2n) is 6.29. The lowest BCUT2D eigenvalue weighted by atomic mass is 10.1. The third kappa shape index (κ3) is 4.32. The highest BCUT2D eigenvalue weighted by atomic mass is 16.2. The minimum Gasteiger partial charge on any atom is -0.326 e. The molecule has 1 aliphatic rings. The van der Waals surface area contributed by atoms with Crippen LogP contribution >= 0.6 is 0 Å². The van der Waals surface area contributed by atoms with Crippen LogP contribution in [0.5, 0.6) is 0 Å². The number of hydrogen-bond donors (Lipinski definition) is 2. The molecule has 0 unspecified atom stereocenters. The fourth-order valence-electron chi connectivity index (χ4n) is 2.84. The topological polar surface area (TPSA) is 70.6 Å². The molecule has 2 amide bonds. The molecule has 0 saturated heterocycles. The molecule has 2 aromatic carbocycles. The monoisotopic (exact) mass is 335 g/mol. The highest BCUT2D eigenvalue weighted by molar-refractivity contribution is 6.00. The van der Waals surface area contributed by atoms with Crippen molar-refractivity contribution in [2.75, 3.05) is 5.32 Å². The molecule has 1 saturated carbocycles. The first kappa shape index (κ1) is 16.9. The van der Waals surface area contributed by atoms with Gasteiger partial charge < -0.3 is 5.32 Å². The molecule has 3 rings (SSSR count). The van der Waals surface area contributed by atoms with Crippen molar-refractivity contribution in [1.29, 1.82) is 0 Å². The van der Waals surface area contributed by atoms with Gasteiger partial charge in [0, 0.05) is 18.5 Å². The number of amides is 2. The standard InChI is InChI=1S/C20H21N3O2/c1-13(15-8-10-17(11-9-15)21-14(2)24)22-23-20(25)19-12-18(19)16-6-4-3-5-7-16/h3-11,18-19H,12H2,1-2H3,(H,21,24)(H,23,25)/b22-13-/t18-,19-/m1/s1. The third-order valence-electron chi connectivity index (χ3n) is 4.31. The maximum Gasteiger partial charge on any atom is 0.243 e. The van der Waals surface area contributed by atoms with Crippen molar-refractivity contribution in [3.8, 4) is 0 Å². The Morgan fingerprint density at radius 1 is 1.00 bits per heavy atom. The van der Waals surface area contributed by atoms with Gasteiger partial charge in [0.1, 0.15) is 0 Å². The number of hydrazone groups is 1. The molecule has 0 aliphatic heterocycles. The number of anilines is 1. The van der Waals surface area contributed by atoms with E-state index in [0.717, 1.165) is 23.4 Å². The SMILES string of the molecule is CC(=O)Nc1ccc(/C(C)=N\NC(=O)[C@@H]2C[C@@H]2c2ccccc2)cc1. The van der Waals surface area contributed by atoms with E-state index in [-0.39, 0.29) is 17.7 Å². The van der Waals surface area contributed by atoms with Crippen LogP contribution in [0.15, 0.2) is 59.7 Å². The summed E-state index contributed by atoms with van der Waals surface area (Å²) in [5.41, 5.74) is 6.22. The van der Waals surface area contributed by atoms with Crippen molar-refractivity contribution in [3.05, 3.63) is 65.7 Å². The number of carbonyl (C=O) groups is 2. The van der Waals surface area contributed by atoms with Gasteiger partial charge in [-0.3, -0.25) is 9.59 Å². The lowest BCUT2D eigenvalue weighted by molar-refractivity contribution is -0.122. The number of benzene rings is 2. The van der Waals surface area contributed by atoms with Crippen molar-refractivity contribution in [2.45, 2.75) is 26.2 Å². The Labute approximate surface area is 147 Å².